The highest BCUT2D eigenvalue weighted by molar-refractivity contribution is 6.36. The van der Waals surface area contributed by atoms with Gasteiger partial charge in [0.25, 0.3) is 5.56 Å². The monoisotopic (exact) mass is 263 g/mol. The van der Waals surface area contributed by atoms with Crippen LogP contribution in [0.5, 0.6) is 0 Å². The lowest BCUT2D eigenvalue weighted by atomic mass is 10.2. The van der Waals surface area contributed by atoms with Crippen LogP contribution in [0.1, 0.15) is 0 Å². The molecule has 0 saturated heterocycles. The average molecular weight is 264 g/mol. The van der Waals surface area contributed by atoms with Crippen LogP contribution in [0.4, 0.5) is 0 Å². The molecule has 0 aliphatic carbocycles. The zero-order valence-electron chi connectivity index (χ0n) is 9.83. The average Bonchev–Trinajstić information content (AvgIpc) is 2.89. The van der Waals surface area contributed by atoms with Crippen molar-refractivity contribution in [3.63, 3.8) is 0 Å². The molecule has 18 heavy (non-hydrogen) atoms. The fraction of sp³-hybridized carbons (Fsp3) is 0.182. The van der Waals surface area contributed by atoms with E-state index in [0.717, 1.165) is 11.1 Å². The predicted octanol–water partition coefficient (Wildman–Crippen LogP) is 1.09. The first kappa shape index (κ1) is 11.0. The highest BCUT2D eigenvalue weighted by Crippen LogP contribution is 2.30. The number of aryl methyl sites for hydroxylation is 2. The van der Waals surface area contributed by atoms with Gasteiger partial charge in [-0.15, -0.1) is 0 Å². The van der Waals surface area contributed by atoms with Crippen molar-refractivity contribution in [2.45, 2.75) is 0 Å². The number of aromatic nitrogens is 5. The lowest BCUT2D eigenvalue weighted by Crippen LogP contribution is -2.19. The largest absolute Gasteiger partial charge is 0.299 e. The second-order valence-corrected chi connectivity index (χ2v) is 4.48. The molecule has 92 valence electrons. The van der Waals surface area contributed by atoms with Crippen LogP contribution in [0.3, 0.4) is 0 Å². The van der Waals surface area contributed by atoms with E-state index < -0.39 is 0 Å². The fourth-order valence-corrected chi connectivity index (χ4v) is 2.19. The van der Waals surface area contributed by atoms with Crippen molar-refractivity contribution in [2.24, 2.45) is 14.1 Å². The van der Waals surface area contributed by atoms with Crippen LogP contribution >= 0.6 is 11.6 Å². The molecule has 3 aromatic rings. The number of nitrogens with zero attached hydrogens (tertiary/aromatic N) is 5. The van der Waals surface area contributed by atoms with E-state index in [-0.39, 0.29) is 5.56 Å². The maximum atomic E-state index is 12.0. The van der Waals surface area contributed by atoms with E-state index in [4.69, 9.17) is 11.6 Å². The van der Waals surface area contributed by atoms with Crippen molar-refractivity contribution in [1.29, 1.82) is 0 Å². The molecule has 0 spiro atoms. The molecule has 0 aromatic carbocycles. The van der Waals surface area contributed by atoms with Crippen molar-refractivity contribution >= 4 is 17.1 Å². The van der Waals surface area contributed by atoms with Crippen LogP contribution in [0, 0.1) is 0 Å². The molecule has 6 nitrogen and oxygen atoms in total. The summed E-state index contributed by atoms with van der Waals surface area (Å²) in [6.45, 7) is 0. The molecule has 0 aliphatic rings. The predicted molar refractivity (Wildman–Crippen MR) is 67.6 cm³/mol. The van der Waals surface area contributed by atoms with Crippen LogP contribution in [0.15, 0.2) is 29.7 Å². The van der Waals surface area contributed by atoms with Gasteiger partial charge in [0.1, 0.15) is 11.8 Å². The minimum Gasteiger partial charge on any atom is -0.299 e. The van der Waals surface area contributed by atoms with E-state index >= 15 is 0 Å². The van der Waals surface area contributed by atoms with E-state index in [2.05, 4.69) is 10.2 Å². The number of halogens is 1. The van der Waals surface area contributed by atoms with Gasteiger partial charge in [0.05, 0.1) is 11.2 Å². The van der Waals surface area contributed by atoms with E-state index in [1.807, 2.05) is 13.2 Å². The van der Waals surface area contributed by atoms with Crippen LogP contribution < -0.4 is 5.56 Å². The summed E-state index contributed by atoms with van der Waals surface area (Å²) in [5.74, 6) is 0. The Bertz CT molecular complexity index is 797. The maximum Gasteiger partial charge on any atom is 0.278 e. The summed E-state index contributed by atoms with van der Waals surface area (Å²) in [5, 5.41) is 8.61. The number of hydrogen-bond acceptors (Lipinski definition) is 3. The molecule has 0 unspecified atom stereocenters. The van der Waals surface area contributed by atoms with Crippen LogP contribution in [-0.4, -0.2) is 24.0 Å². The van der Waals surface area contributed by atoms with E-state index in [1.54, 1.807) is 24.1 Å². The molecule has 7 heteroatoms. The summed E-state index contributed by atoms with van der Waals surface area (Å²) >= 11 is 6.27. The van der Waals surface area contributed by atoms with Gasteiger partial charge in [-0.2, -0.15) is 10.2 Å². The molecule has 0 N–H and O–H groups in total. The molecule has 0 radical (unpaired) electrons. The quantitative estimate of drug-likeness (QED) is 0.660. The molecule has 3 heterocycles. The Kier molecular flexibility index (Phi) is 2.27. The van der Waals surface area contributed by atoms with Gasteiger partial charge in [0.2, 0.25) is 0 Å². The SMILES string of the molecule is Cn1cc(-c2cn3ncn(C)c(=O)c3c2Cl)cn1. The van der Waals surface area contributed by atoms with Gasteiger partial charge in [-0.1, -0.05) is 11.6 Å². The molecule has 0 saturated carbocycles. The second kappa shape index (κ2) is 3.71. The summed E-state index contributed by atoms with van der Waals surface area (Å²) in [4.78, 5) is 12.0. The molecule has 3 rings (SSSR count). The molecule has 3 aromatic heterocycles. The third kappa shape index (κ3) is 1.46. The standard InChI is InChI=1S/C11H10ClN5O/c1-15-6-14-17-5-8(7-3-13-16(2)4-7)9(12)10(17)11(15)18/h3-6H,1-2H3. The van der Waals surface area contributed by atoms with Crippen molar-refractivity contribution in [3.8, 4) is 11.1 Å². The normalized spacial score (nSPS) is 11.3. The van der Waals surface area contributed by atoms with Gasteiger partial charge >= 0.3 is 0 Å². The molecule has 0 atom stereocenters. The summed E-state index contributed by atoms with van der Waals surface area (Å²) in [6.07, 6.45) is 6.73. The molecule has 0 aliphatic heterocycles. The van der Waals surface area contributed by atoms with Crippen molar-refractivity contribution in [1.82, 2.24) is 24.0 Å². The Morgan fingerprint density at radius 1 is 1.22 bits per heavy atom. The zero-order valence-corrected chi connectivity index (χ0v) is 10.6. The second-order valence-electron chi connectivity index (χ2n) is 4.10. The van der Waals surface area contributed by atoms with Crippen LogP contribution in [-0.2, 0) is 14.1 Å². The molecular formula is C11H10ClN5O. The maximum absolute atomic E-state index is 12.0. The lowest BCUT2D eigenvalue weighted by molar-refractivity contribution is 0.764. The Balaban J connectivity index is 2.36. The van der Waals surface area contributed by atoms with E-state index in [0.29, 0.717) is 10.5 Å². The number of fused-ring (bicyclic) bond motifs is 1. The summed E-state index contributed by atoms with van der Waals surface area (Å²) in [7, 11) is 3.47. The fourth-order valence-electron chi connectivity index (χ4n) is 1.87. The Morgan fingerprint density at radius 3 is 2.67 bits per heavy atom. The Hall–Kier alpha value is -2.08. The molecule has 0 fully saturated rings. The smallest absolute Gasteiger partial charge is 0.278 e. The van der Waals surface area contributed by atoms with Gasteiger partial charge in [-0.05, 0) is 0 Å². The van der Waals surface area contributed by atoms with E-state index in [9.17, 15) is 4.79 Å². The highest BCUT2D eigenvalue weighted by Gasteiger charge is 2.15. The van der Waals surface area contributed by atoms with Gasteiger partial charge in [-0.3, -0.25) is 14.0 Å². The van der Waals surface area contributed by atoms with Gasteiger partial charge in [-0.25, -0.2) is 4.52 Å². The molecule has 0 amide bonds. The number of hydrogen-bond donors (Lipinski definition) is 0. The molecular weight excluding hydrogens is 254 g/mol. The minimum absolute atomic E-state index is 0.176. The van der Waals surface area contributed by atoms with Crippen LogP contribution in [0.25, 0.3) is 16.6 Å². The Morgan fingerprint density at radius 2 is 2.00 bits per heavy atom. The van der Waals surface area contributed by atoms with E-state index in [1.165, 1.54) is 15.4 Å². The minimum atomic E-state index is -0.176. The lowest BCUT2D eigenvalue weighted by Gasteiger charge is -1.96. The Labute approximate surface area is 107 Å². The third-order valence-electron chi connectivity index (χ3n) is 2.81. The molecule has 0 bridgehead atoms. The highest BCUT2D eigenvalue weighted by atomic mass is 35.5. The van der Waals surface area contributed by atoms with Crippen LogP contribution in [0.2, 0.25) is 5.02 Å². The third-order valence-corrected chi connectivity index (χ3v) is 3.20. The van der Waals surface area contributed by atoms with Gasteiger partial charge in [0, 0.05) is 37.6 Å². The van der Waals surface area contributed by atoms with Crippen molar-refractivity contribution < 1.29 is 0 Å². The topological polar surface area (TPSA) is 57.1 Å². The first-order valence-corrected chi connectivity index (χ1v) is 5.67. The number of rotatable bonds is 1. The van der Waals surface area contributed by atoms with Gasteiger partial charge < -0.3 is 0 Å². The zero-order chi connectivity index (χ0) is 12.9. The summed E-state index contributed by atoms with van der Waals surface area (Å²) in [5.41, 5.74) is 1.81. The first-order chi connectivity index (χ1) is 8.58. The summed E-state index contributed by atoms with van der Waals surface area (Å²) < 4.78 is 4.57. The first-order valence-electron chi connectivity index (χ1n) is 5.29. The van der Waals surface area contributed by atoms with Crippen molar-refractivity contribution in [3.05, 3.63) is 40.3 Å². The van der Waals surface area contributed by atoms with Crippen molar-refractivity contribution in [2.75, 3.05) is 0 Å². The summed E-state index contributed by atoms with van der Waals surface area (Å²) in [6, 6.07) is 0. The van der Waals surface area contributed by atoms with Gasteiger partial charge in [0.15, 0.2) is 0 Å².